The molecule has 0 aliphatic carbocycles. The topological polar surface area (TPSA) is 23.5 Å². The van der Waals surface area contributed by atoms with E-state index in [0.717, 1.165) is 38.9 Å². The maximum absolute atomic E-state index is 9.81. The van der Waals surface area contributed by atoms with Crippen molar-refractivity contribution in [2.45, 2.75) is 32.3 Å². The molecule has 0 aromatic carbocycles. The molecule has 1 aliphatic rings. The minimum Gasteiger partial charge on any atom is -0.393 e. The van der Waals surface area contributed by atoms with Crippen molar-refractivity contribution in [1.82, 2.24) is 4.90 Å². The molecular weight excluding hydrogens is 218 g/mol. The van der Waals surface area contributed by atoms with Gasteiger partial charge in [-0.15, -0.1) is 0 Å². The Hall–Kier alpha value is -0.380. The molecule has 1 N–H and O–H groups in total. The monoisotopic (exact) mass is 239 g/mol. The maximum atomic E-state index is 9.81. The number of hydrogen-bond donors (Lipinski definition) is 1. The van der Waals surface area contributed by atoms with E-state index in [-0.39, 0.29) is 6.10 Å². The van der Waals surface area contributed by atoms with Gasteiger partial charge in [0.15, 0.2) is 0 Å². The fourth-order valence-electron chi connectivity index (χ4n) is 2.42. The minimum absolute atomic E-state index is 0.0672. The lowest BCUT2D eigenvalue weighted by Gasteiger charge is -2.35. The van der Waals surface area contributed by atoms with Crippen molar-refractivity contribution < 1.29 is 5.11 Å². The number of piperidine rings is 1. The zero-order valence-electron chi connectivity index (χ0n) is 9.93. The van der Waals surface area contributed by atoms with Gasteiger partial charge in [-0.2, -0.15) is 11.3 Å². The van der Waals surface area contributed by atoms with Crippen LogP contribution in [0.5, 0.6) is 0 Å². The molecule has 2 atom stereocenters. The Balaban J connectivity index is 1.78. The molecule has 1 aromatic rings. The van der Waals surface area contributed by atoms with Crippen LogP contribution in [0.3, 0.4) is 0 Å². The fourth-order valence-corrected chi connectivity index (χ4v) is 3.12. The van der Waals surface area contributed by atoms with Gasteiger partial charge in [-0.05, 0) is 47.6 Å². The number of likely N-dealkylation sites (tertiary alicyclic amines) is 1. The van der Waals surface area contributed by atoms with Gasteiger partial charge in [0.05, 0.1) is 6.10 Å². The molecule has 1 fully saturated rings. The van der Waals surface area contributed by atoms with E-state index in [1.165, 1.54) is 5.56 Å². The number of nitrogens with zero attached hydrogens (tertiary/aromatic N) is 1. The highest BCUT2D eigenvalue weighted by molar-refractivity contribution is 7.07. The van der Waals surface area contributed by atoms with Gasteiger partial charge in [0, 0.05) is 19.6 Å². The van der Waals surface area contributed by atoms with Crippen molar-refractivity contribution in [1.29, 1.82) is 0 Å². The molecule has 90 valence electrons. The van der Waals surface area contributed by atoms with Gasteiger partial charge >= 0.3 is 0 Å². The fraction of sp³-hybridized carbons (Fsp3) is 0.692. The Kier molecular flexibility index (Phi) is 4.38. The molecule has 1 saturated heterocycles. The van der Waals surface area contributed by atoms with Crippen LogP contribution in [0.15, 0.2) is 16.8 Å². The quantitative estimate of drug-likeness (QED) is 0.872. The summed E-state index contributed by atoms with van der Waals surface area (Å²) in [5, 5.41) is 14.2. The van der Waals surface area contributed by atoms with Gasteiger partial charge in [0.1, 0.15) is 0 Å². The van der Waals surface area contributed by atoms with Crippen LogP contribution in [0, 0.1) is 5.92 Å². The zero-order chi connectivity index (χ0) is 11.4. The highest BCUT2D eigenvalue weighted by atomic mass is 32.1. The zero-order valence-corrected chi connectivity index (χ0v) is 10.7. The molecule has 16 heavy (non-hydrogen) atoms. The summed E-state index contributed by atoms with van der Waals surface area (Å²) < 4.78 is 0. The average Bonchev–Trinajstić information content (AvgIpc) is 2.81. The van der Waals surface area contributed by atoms with Crippen LogP contribution in [0.25, 0.3) is 0 Å². The predicted molar refractivity (Wildman–Crippen MR) is 68.9 cm³/mol. The van der Waals surface area contributed by atoms with E-state index >= 15 is 0 Å². The van der Waals surface area contributed by atoms with E-state index in [1.54, 1.807) is 11.3 Å². The van der Waals surface area contributed by atoms with Gasteiger partial charge in [0.25, 0.3) is 0 Å². The van der Waals surface area contributed by atoms with Crippen molar-refractivity contribution in [2.24, 2.45) is 5.92 Å². The molecule has 0 spiro atoms. The smallest absolute Gasteiger partial charge is 0.0592 e. The molecule has 1 aromatic heterocycles. The third-order valence-corrected chi connectivity index (χ3v) is 4.33. The summed E-state index contributed by atoms with van der Waals surface area (Å²) in [6.45, 7) is 5.44. The van der Waals surface area contributed by atoms with Gasteiger partial charge in [-0.25, -0.2) is 0 Å². The predicted octanol–water partition coefficient (Wildman–Crippen LogP) is 2.38. The van der Waals surface area contributed by atoms with E-state index in [0.29, 0.717) is 5.92 Å². The first kappa shape index (κ1) is 12.1. The standard InChI is InChI=1S/C13H21NOS/c1-2-12-9-14(7-4-13(12)15)6-3-11-5-8-16-10-11/h5,8,10,12-13,15H,2-4,6-7,9H2,1H3. The van der Waals surface area contributed by atoms with Crippen molar-refractivity contribution in [2.75, 3.05) is 19.6 Å². The lowest BCUT2D eigenvalue weighted by atomic mass is 9.92. The highest BCUT2D eigenvalue weighted by Gasteiger charge is 2.25. The summed E-state index contributed by atoms with van der Waals surface area (Å²) >= 11 is 1.77. The van der Waals surface area contributed by atoms with Crippen molar-refractivity contribution in [3.8, 4) is 0 Å². The van der Waals surface area contributed by atoms with Crippen LogP contribution in [-0.2, 0) is 6.42 Å². The summed E-state index contributed by atoms with van der Waals surface area (Å²) in [5.74, 6) is 0.483. The summed E-state index contributed by atoms with van der Waals surface area (Å²) in [4.78, 5) is 2.50. The summed E-state index contributed by atoms with van der Waals surface area (Å²) in [6.07, 6.45) is 3.12. The summed E-state index contributed by atoms with van der Waals surface area (Å²) in [6, 6.07) is 2.21. The Morgan fingerprint density at radius 3 is 3.12 bits per heavy atom. The molecule has 2 nitrogen and oxygen atoms in total. The normalized spacial score (nSPS) is 27.1. The first-order chi connectivity index (χ1) is 7.79. The van der Waals surface area contributed by atoms with Crippen LogP contribution >= 0.6 is 11.3 Å². The first-order valence-corrected chi connectivity index (χ1v) is 7.15. The number of hydrogen-bond acceptors (Lipinski definition) is 3. The summed E-state index contributed by atoms with van der Waals surface area (Å²) in [5.41, 5.74) is 1.45. The number of aliphatic hydroxyl groups excluding tert-OH is 1. The van der Waals surface area contributed by atoms with Gasteiger partial charge in [-0.1, -0.05) is 6.92 Å². The second kappa shape index (κ2) is 5.80. The van der Waals surface area contributed by atoms with Crippen LogP contribution in [0.2, 0.25) is 0 Å². The average molecular weight is 239 g/mol. The van der Waals surface area contributed by atoms with E-state index in [9.17, 15) is 5.11 Å². The number of thiophene rings is 1. The first-order valence-electron chi connectivity index (χ1n) is 6.21. The molecule has 0 radical (unpaired) electrons. The molecule has 2 unspecified atom stereocenters. The molecule has 1 aliphatic heterocycles. The Morgan fingerprint density at radius 1 is 1.56 bits per heavy atom. The van der Waals surface area contributed by atoms with Crippen molar-refractivity contribution in [3.63, 3.8) is 0 Å². The number of rotatable bonds is 4. The van der Waals surface area contributed by atoms with E-state index in [1.807, 2.05) is 0 Å². The minimum atomic E-state index is -0.0672. The molecule has 0 saturated carbocycles. The Labute approximate surface area is 102 Å². The van der Waals surface area contributed by atoms with Crippen molar-refractivity contribution >= 4 is 11.3 Å². The maximum Gasteiger partial charge on any atom is 0.0592 e. The summed E-state index contributed by atoms with van der Waals surface area (Å²) in [7, 11) is 0. The van der Waals surface area contributed by atoms with Gasteiger partial charge < -0.3 is 10.0 Å². The Morgan fingerprint density at radius 2 is 2.44 bits per heavy atom. The molecule has 0 amide bonds. The Bertz CT molecular complexity index is 299. The van der Waals surface area contributed by atoms with Crippen LogP contribution < -0.4 is 0 Å². The molecule has 2 heterocycles. The lowest BCUT2D eigenvalue weighted by Crippen LogP contribution is -2.43. The van der Waals surface area contributed by atoms with Crippen LogP contribution in [-0.4, -0.2) is 35.7 Å². The van der Waals surface area contributed by atoms with Gasteiger partial charge in [-0.3, -0.25) is 0 Å². The van der Waals surface area contributed by atoms with E-state index < -0.39 is 0 Å². The second-order valence-electron chi connectivity index (χ2n) is 4.71. The molecular formula is C13H21NOS. The van der Waals surface area contributed by atoms with Gasteiger partial charge in [0.2, 0.25) is 0 Å². The number of aliphatic hydroxyl groups is 1. The van der Waals surface area contributed by atoms with E-state index in [4.69, 9.17) is 0 Å². The highest BCUT2D eigenvalue weighted by Crippen LogP contribution is 2.20. The van der Waals surface area contributed by atoms with Crippen LogP contribution in [0.1, 0.15) is 25.3 Å². The second-order valence-corrected chi connectivity index (χ2v) is 5.49. The van der Waals surface area contributed by atoms with E-state index in [2.05, 4.69) is 28.7 Å². The lowest BCUT2D eigenvalue weighted by molar-refractivity contribution is 0.0256. The molecule has 3 heteroatoms. The van der Waals surface area contributed by atoms with Crippen LogP contribution in [0.4, 0.5) is 0 Å². The van der Waals surface area contributed by atoms with Crippen molar-refractivity contribution in [3.05, 3.63) is 22.4 Å². The molecule has 0 bridgehead atoms. The SMILES string of the molecule is CCC1CN(CCc2ccsc2)CCC1O. The third kappa shape index (κ3) is 3.06. The molecule has 2 rings (SSSR count). The largest absolute Gasteiger partial charge is 0.393 e. The third-order valence-electron chi connectivity index (χ3n) is 3.60.